The van der Waals surface area contributed by atoms with Gasteiger partial charge in [-0.1, -0.05) is 29.0 Å². The molecule has 1 saturated carbocycles. The fraction of sp³-hybridized carbons (Fsp3) is 0.400. The number of sulfonamides is 1. The molecule has 0 saturated heterocycles. The lowest BCUT2D eigenvalue weighted by molar-refractivity contribution is -0.122. The molecule has 0 unspecified atom stereocenters. The zero-order valence-electron chi connectivity index (χ0n) is 18.3. The van der Waals surface area contributed by atoms with Crippen LogP contribution in [0.5, 0.6) is 0 Å². The minimum atomic E-state index is -3.84. The third-order valence-electron chi connectivity index (χ3n) is 5.59. The van der Waals surface area contributed by atoms with Gasteiger partial charge in [-0.05, 0) is 44.4 Å². The summed E-state index contributed by atoms with van der Waals surface area (Å²) < 4.78 is 56.7. The van der Waals surface area contributed by atoms with Crippen molar-refractivity contribution in [2.24, 2.45) is 0 Å². The van der Waals surface area contributed by atoms with Gasteiger partial charge in [0.2, 0.25) is 10.0 Å². The molecule has 35 heavy (non-hydrogen) atoms. The number of rotatable bonds is 6. The maximum absolute atomic E-state index is 13.2. The molecule has 0 atom stereocenters. The van der Waals surface area contributed by atoms with Gasteiger partial charge in [0.1, 0.15) is 0 Å². The Morgan fingerprint density at radius 3 is 2.66 bits per heavy atom. The first-order valence-electron chi connectivity index (χ1n) is 10.4. The van der Waals surface area contributed by atoms with E-state index in [0.29, 0.717) is 35.4 Å². The summed E-state index contributed by atoms with van der Waals surface area (Å²) in [6.07, 6.45) is 2.83. The summed E-state index contributed by atoms with van der Waals surface area (Å²) in [5.74, 6) is 0.167. The van der Waals surface area contributed by atoms with Crippen molar-refractivity contribution >= 4 is 50.5 Å². The van der Waals surface area contributed by atoms with Crippen molar-refractivity contribution in [3.63, 3.8) is 0 Å². The van der Waals surface area contributed by atoms with Crippen LogP contribution >= 0.6 is 22.9 Å². The Bertz CT molecular complexity index is 1400. The first-order chi connectivity index (χ1) is 16.6. The van der Waals surface area contributed by atoms with Crippen LogP contribution in [0.4, 0.5) is 8.78 Å². The van der Waals surface area contributed by atoms with E-state index in [4.69, 9.17) is 21.5 Å². The number of nitrogens with zero attached hydrogens (tertiary/aromatic N) is 4. The van der Waals surface area contributed by atoms with Crippen LogP contribution < -0.4 is 10.0 Å². The molecule has 3 aromatic rings. The minimum absolute atomic E-state index is 0.0430. The molecule has 4 heterocycles. The van der Waals surface area contributed by atoms with E-state index in [2.05, 4.69) is 25.2 Å². The molecule has 5 rings (SSSR count). The number of imidazole rings is 1. The number of hydrogen-bond acceptors (Lipinski definition) is 8. The number of carboxylic acid groups (broad SMARTS) is 1. The number of carbonyl (C=O) groups is 1. The summed E-state index contributed by atoms with van der Waals surface area (Å²) in [5.41, 5.74) is 1.61. The number of nitrogens with one attached hydrogen (secondary N) is 2. The Morgan fingerprint density at radius 1 is 1.37 bits per heavy atom. The van der Waals surface area contributed by atoms with Crippen molar-refractivity contribution in [3.8, 4) is 10.8 Å². The normalized spacial score (nSPS) is 17.1. The van der Waals surface area contributed by atoms with Gasteiger partial charge in [-0.25, -0.2) is 26.9 Å². The SMILES string of the molecule is CC1(NS(=O)(=O)c2cc(C3=CCNCC3)c3c(Cl)nc(-c4nnc(C(F)F)s4)n3c2)CC1.O=CO. The number of fused-ring (bicyclic) bond motifs is 1. The standard InChI is InChI=1S/C19H19ClF2N6O2S2.CH2O2/c1-19(4-5-19)27-32(29,30)11-8-12(10-2-6-23-7-3-10)13-14(20)24-16(28(13)9-11)18-26-25-17(31-18)15(21)22;2-1-3/h2,8-9,15,23,27H,3-7H2,1H3;1H,(H,2,3). The van der Waals surface area contributed by atoms with Gasteiger partial charge in [0, 0.05) is 23.8 Å². The lowest BCUT2D eigenvalue weighted by atomic mass is 10.0. The molecule has 188 valence electrons. The number of aromatic nitrogens is 4. The molecule has 1 fully saturated rings. The zero-order chi connectivity index (χ0) is 25.4. The Balaban J connectivity index is 0.000000917. The molecule has 3 N–H and O–H groups in total. The predicted octanol–water partition coefficient (Wildman–Crippen LogP) is 3.35. The molecule has 15 heteroatoms. The van der Waals surface area contributed by atoms with Gasteiger partial charge in [0.15, 0.2) is 21.0 Å². The number of alkyl halides is 2. The predicted molar refractivity (Wildman–Crippen MR) is 126 cm³/mol. The van der Waals surface area contributed by atoms with E-state index in [9.17, 15) is 17.2 Å². The van der Waals surface area contributed by atoms with E-state index in [1.807, 2.05) is 13.0 Å². The minimum Gasteiger partial charge on any atom is -0.483 e. The van der Waals surface area contributed by atoms with Crippen molar-refractivity contribution in [3.05, 3.63) is 34.1 Å². The van der Waals surface area contributed by atoms with Gasteiger partial charge in [0.05, 0.1) is 10.4 Å². The van der Waals surface area contributed by atoms with Crippen LogP contribution in [0, 0.1) is 0 Å². The number of hydrogen-bond donors (Lipinski definition) is 3. The maximum atomic E-state index is 13.2. The van der Waals surface area contributed by atoms with Crippen molar-refractivity contribution in [2.75, 3.05) is 13.1 Å². The zero-order valence-corrected chi connectivity index (χ0v) is 20.7. The highest BCUT2D eigenvalue weighted by Gasteiger charge is 2.41. The monoisotopic (exact) mass is 546 g/mol. The number of pyridine rings is 1. The molecule has 0 spiro atoms. The van der Waals surface area contributed by atoms with Gasteiger partial charge in [-0.15, -0.1) is 10.2 Å². The van der Waals surface area contributed by atoms with Gasteiger partial charge >= 0.3 is 0 Å². The Kier molecular flexibility index (Phi) is 7.20. The Hall–Kier alpha value is -2.52. The van der Waals surface area contributed by atoms with Crippen LogP contribution in [0.1, 0.15) is 43.2 Å². The lowest BCUT2D eigenvalue weighted by Gasteiger charge is -2.18. The molecule has 0 amide bonds. The van der Waals surface area contributed by atoms with Crippen LogP contribution in [0.3, 0.4) is 0 Å². The summed E-state index contributed by atoms with van der Waals surface area (Å²) in [4.78, 5) is 12.7. The van der Waals surface area contributed by atoms with E-state index < -0.39 is 27.0 Å². The summed E-state index contributed by atoms with van der Waals surface area (Å²) >= 11 is 7.17. The van der Waals surface area contributed by atoms with Gasteiger partial charge < -0.3 is 10.4 Å². The summed E-state index contributed by atoms with van der Waals surface area (Å²) in [6.45, 7) is 2.98. The lowest BCUT2D eigenvalue weighted by Crippen LogP contribution is -2.34. The fourth-order valence-corrected chi connectivity index (χ4v) is 6.09. The third kappa shape index (κ3) is 5.35. The summed E-state index contributed by atoms with van der Waals surface area (Å²) in [6, 6.07) is 1.60. The molecule has 1 aliphatic carbocycles. The van der Waals surface area contributed by atoms with Crippen LogP contribution in [0.25, 0.3) is 21.9 Å². The van der Waals surface area contributed by atoms with Crippen LogP contribution in [0.15, 0.2) is 23.2 Å². The molecule has 0 aromatic carbocycles. The first kappa shape index (κ1) is 25.6. The smallest absolute Gasteiger partial charge is 0.291 e. The van der Waals surface area contributed by atoms with E-state index in [1.165, 1.54) is 10.6 Å². The van der Waals surface area contributed by atoms with Gasteiger partial charge in [-0.3, -0.25) is 9.20 Å². The van der Waals surface area contributed by atoms with Crippen molar-refractivity contribution in [1.29, 1.82) is 0 Å². The summed E-state index contributed by atoms with van der Waals surface area (Å²) in [7, 11) is -3.84. The highest BCUT2D eigenvalue weighted by molar-refractivity contribution is 7.89. The van der Waals surface area contributed by atoms with Gasteiger partial charge in [-0.2, -0.15) is 0 Å². The Labute approximate surface area is 208 Å². The number of halogens is 3. The quantitative estimate of drug-likeness (QED) is 0.400. The molecular weight excluding hydrogens is 526 g/mol. The molecule has 1 aliphatic heterocycles. The second kappa shape index (κ2) is 9.85. The van der Waals surface area contributed by atoms with E-state index >= 15 is 0 Å². The van der Waals surface area contributed by atoms with Crippen molar-refractivity contribution in [2.45, 2.75) is 43.0 Å². The van der Waals surface area contributed by atoms with E-state index in [0.717, 1.165) is 25.0 Å². The highest BCUT2D eigenvalue weighted by atomic mass is 35.5. The van der Waals surface area contributed by atoms with Gasteiger partial charge in [0.25, 0.3) is 12.9 Å². The second-order valence-electron chi connectivity index (χ2n) is 8.24. The highest BCUT2D eigenvalue weighted by Crippen LogP contribution is 2.39. The topological polar surface area (TPSA) is 139 Å². The largest absolute Gasteiger partial charge is 0.483 e. The van der Waals surface area contributed by atoms with E-state index in [-0.39, 0.29) is 27.4 Å². The van der Waals surface area contributed by atoms with Crippen LogP contribution in [0.2, 0.25) is 5.15 Å². The van der Waals surface area contributed by atoms with Crippen molar-refractivity contribution in [1.82, 2.24) is 29.6 Å². The fourth-order valence-electron chi connectivity index (χ4n) is 3.64. The first-order valence-corrected chi connectivity index (χ1v) is 13.1. The third-order valence-corrected chi connectivity index (χ3v) is 8.38. The van der Waals surface area contributed by atoms with Crippen LogP contribution in [-0.4, -0.2) is 58.2 Å². The Morgan fingerprint density at radius 2 is 2.09 bits per heavy atom. The summed E-state index contributed by atoms with van der Waals surface area (Å²) in [5, 5.41) is 17.3. The van der Waals surface area contributed by atoms with Crippen LogP contribution in [-0.2, 0) is 14.8 Å². The molecule has 2 aliphatic rings. The molecular formula is C20H21ClF2N6O4S2. The average Bonchev–Trinajstić information content (AvgIpc) is 3.21. The maximum Gasteiger partial charge on any atom is 0.291 e. The molecule has 10 nitrogen and oxygen atoms in total. The van der Waals surface area contributed by atoms with Crippen molar-refractivity contribution < 1.29 is 27.1 Å². The average molecular weight is 547 g/mol. The molecule has 0 radical (unpaired) electrons. The molecule has 0 bridgehead atoms. The second-order valence-corrected chi connectivity index (χ2v) is 11.3. The van der Waals surface area contributed by atoms with E-state index in [1.54, 1.807) is 6.07 Å². The molecule has 3 aromatic heterocycles.